The summed E-state index contributed by atoms with van der Waals surface area (Å²) in [6.07, 6.45) is 3.05. The van der Waals surface area contributed by atoms with Crippen molar-refractivity contribution in [2.45, 2.75) is 6.92 Å². The molecule has 1 aliphatic rings. The minimum atomic E-state index is -0.578. The first kappa shape index (κ1) is 19.9. The number of halogens is 1. The van der Waals surface area contributed by atoms with Crippen molar-refractivity contribution in [1.82, 2.24) is 0 Å². The van der Waals surface area contributed by atoms with E-state index in [0.717, 1.165) is 0 Å². The molecule has 1 aliphatic heterocycles. The van der Waals surface area contributed by atoms with E-state index in [4.69, 9.17) is 18.6 Å². The highest BCUT2D eigenvalue weighted by molar-refractivity contribution is 14.1. The zero-order valence-corrected chi connectivity index (χ0v) is 17.2. The summed E-state index contributed by atoms with van der Waals surface area (Å²) < 4.78 is 26.8. The van der Waals surface area contributed by atoms with Gasteiger partial charge in [0.2, 0.25) is 0 Å². The molecule has 0 unspecified atom stereocenters. The van der Waals surface area contributed by atoms with Crippen molar-refractivity contribution in [3.8, 4) is 11.5 Å². The maximum Gasteiger partial charge on any atom is 0.363 e. The molecule has 0 saturated heterocycles. The summed E-state index contributed by atoms with van der Waals surface area (Å²) in [5, 5.41) is 0. The lowest BCUT2D eigenvalue weighted by Crippen LogP contribution is -2.14. The van der Waals surface area contributed by atoms with E-state index in [9.17, 15) is 9.59 Å². The molecular weight excluding hydrogens is 481 g/mol. The lowest BCUT2D eigenvalue weighted by Gasteiger charge is -2.14. The molecule has 0 saturated carbocycles. The van der Waals surface area contributed by atoms with E-state index in [1.54, 1.807) is 30.3 Å². The fourth-order valence-corrected chi connectivity index (χ4v) is 3.12. The lowest BCUT2D eigenvalue weighted by atomic mass is 10.1. The summed E-state index contributed by atoms with van der Waals surface area (Å²) in [4.78, 5) is 27.6. The van der Waals surface area contributed by atoms with Crippen LogP contribution in [0.15, 0.2) is 45.6 Å². The Morgan fingerprint density at radius 1 is 1.32 bits per heavy atom. The van der Waals surface area contributed by atoms with Crippen LogP contribution in [-0.4, -0.2) is 38.2 Å². The van der Waals surface area contributed by atoms with Crippen LogP contribution in [0.5, 0.6) is 11.5 Å². The number of hydrogen-bond donors (Lipinski definition) is 0. The number of carbonyl (C=O) groups excluding carboxylic acids is 2. The van der Waals surface area contributed by atoms with Crippen molar-refractivity contribution in [1.29, 1.82) is 0 Å². The zero-order valence-electron chi connectivity index (χ0n) is 15.1. The molecule has 0 N–H and O–H groups in total. The zero-order chi connectivity index (χ0) is 20.1. The van der Waals surface area contributed by atoms with Crippen LogP contribution in [0, 0.1) is 3.57 Å². The van der Waals surface area contributed by atoms with E-state index in [0.29, 0.717) is 33.0 Å². The molecule has 3 rings (SSSR count). The van der Waals surface area contributed by atoms with Crippen molar-refractivity contribution in [2.24, 2.45) is 4.99 Å². The van der Waals surface area contributed by atoms with Gasteiger partial charge in [-0.1, -0.05) is 0 Å². The number of nitrogens with zero attached hydrogens (tertiary/aromatic N) is 1. The fourth-order valence-electron chi connectivity index (χ4n) is 2.34. The predicted octanol–water partition coefficient (Wildman–Crippen LogP) is 3.18. The number of benzene rings is 1. The third-order valence-electron chi connectivity index (χ3n) is 3.55. The standard InChI is InChI=1S/C19H16INO7/c1-3-25-15-9-11(7-12(20)17(15)27-10-16(22)24-2)8-13-19(23)28-18(21-13)14-5-4-6-26-14/h4-9H,3,10H2,1-2H3/b13-8-. The minimum Gasteiger partial charge on any atom is -0.490 e. The molecule has 0 aliphatic carbocycles. The number of hydrogen-bond acceptors (Lipinski definition) is 8. The molecule has 0 radical (unpaired) electrons. The van der Waals surface area contributed by atoms with E-state index >= 15 is 0 Å². The minimum absolute atomic E-state index is 0.110. The Bertz CT molecular complexity index is 947. The summed E-state index contributed by atoms with van der Waals surface area (Å²) in [5.74, 6) is 0.255. The molecule has 0 fully saturated rings. The van der Waals surface area contributed by atoms with Gasteiger partial charge in [0.05, 0.1) is 23.6 Å². The molecular formula is C19H16INO7. The van der Waals surface area contributed by atoms with Gasteiger partial charge in [-0.05, 0) is 65.4 Å². The first-order chi connectivity index (χ1) is 13.5. The van der Waals surface area contributed by atoms with Gasteiger partial charge >= 0.3 is 11.9 Å². The van der Waals surface area contributed by atoms with Crippen molar-refractivity contribution < 1.29 is 33.0 Å². The van der Waals surface area contributed by atoms with Gasteiger partial charge in [0.25, 0.3) is 5.90 Å². The van der Waals surface area contributed by atoms with Crippen LogP contribution in [-0.2, 0) is 19.1 Å². The first-order valence-corrected chi connectivity index (χ1v) is 9.32. The van der Waals surface area contributed by atoms with Gasteiger partial charge < -0.3 is 23.4 Å². The van der Waals surface area contributed by atoms with Crippen molar-refractivity contribution in [3.63, 3.8) is 0 Å². The molecule has 1 aromatic heterocycles. The topological polar surface area (TPSA) is 96.6 Å². The Hall–Kier alpha value is -2.82. The molecule has 0 bridgehead atoms. The first-order valence-electron chi connectivity index (χ1n) is 8.24. The second-order valence-corrected chi connectivity index (χ2v) is 6.60. The highest BCUT2D eigenvalue weighted by Crippen LogP contribution is 2.35. The molecule has 2 aromatic rings. The van der Waals surface area contributed by atoms with Gasteiger partial charge in [0.15, 0.2) is 29.6 Å². The van der Waals surface area contributed by atoms with Gasteiger partial charge in [-0.15, -0.1) is 0 Å². The van der Waals surface area contributed by atoms with Gasteiger partial charge in [-0.2, -0.15) is 0 Å². The molecule has 28 heavy (non-hydrogen) atoms. The normalized spacial score (nSPS) is 14.6. The predicted molar refractivity (Wildman–Crippen MR) is 107 cm³/mol. The number of aliphatic imine (C=N–C) groups is 1. The van der Waals surface area contributed by atoms with Gasteiger partial charge in [-0.25, -0.2) is 14.6 Å². The summed E-state index contributed by atoms with van der Waals surface area (Å²) >= 11 is 2.06. The quantitative estimate of drug-likeness (QED) is 0.330. The Labute approximate surface area is 174 Å². The molecule has 9 heteroatoms. The van der Waals surface area contributed by atoms with Crippen LogP contribution in [0.1, 0.15) is 18.2 Å². The summed E-state index contributed by atoms with van der Waals surface area (Å²) in [5.41, 5.74) is 0.794. The van der Waals surface area contributed by atoms with Crippen LogP contribution in [0.4, 0.5) is 0 Å². The fraction of sp³-hybridized carbons (Fsp3) is 0.211. The van der Waals surface area contributed by atoms with Crippen LogP contribution in [0.3, 0.4) is 0 Å². The molecule has 8 nitrogen and oxygen atoms in total. The number of ether oxygens (including phenoxy) is 4. The molecule has 2 heterocycles. The molecule has 0 atom stereocenters. The van der Waals surface area contributed by atoms with Gasteiger partial charge in [0.1, 0.15) is 0 Å². The van der Waals surface area contributed by atoms with E-state index in [-0.39, 0.29) is 18.2 Å². The summed E-state index contributed by atoms with van der Waals surface area (Å²) in [6, 6.07) is 6.80. The van der Waals surface area contributed by atoms with Crippen molar-refractivity contribution in [3.05, 3.63) is 51.1 Å². The number of cyclic esters (lactones) is 1. The van der Waals surface area contributed by atoms with Crippen LogP contribution in [0.2, 0.25) is 0 Å². The van der Waals surface area contributed by atoms with Crippen LogP contribution >= 0.6 is 22.6 Å². The van der Waals surface area contributed by atoms with Crippen LogP contribution < -0.4 is 9.47 Å². The third-order valence-corrected chi connectivity index (χ3v) is 4.35. The van der Waals surface area contributed by atoms with Crippen molar-refractivity contribution >= 4 is 46.5 Å². The molecule has 0 spiro atoms. The van der Waals surface area contributed by atoms with E-state index in [2.05, 4.69) is 32.3 Å². The smallest absolute Gasteiger partial charge is 0.363 e. The maximum absolute atomic E-state index is 12.1. The Morgan fingerprint density at radius 2 is 2.14 bits per heavy atom. The lowest BCUT2D eigenvalue weighted by molar-refractivity contribution is -0.143. The van der Waals surface area contributed by atoms with E-state index in [1.165, 1.54) is 13.4 Å². The Morgan fingerprint density at radius 3 is 2.82 bits per heavy atom. The molecule has 146 valence electrons. The van der Waals surface area contributed by atoms with Gasteiger partial charge in [-0.3, -0.25) is 0 Å². The number of furan rings is 1. The highest BCUT2D eigenvalue weighted by atomic mass is 127. The molecule has 0 amide bonds. The average molecular weight is 497 g/mol. The van der Waals surface area contributed by atoms with E-state index < -0.39 is 11.9 Å². The number of esters is 2. The summed E-state index contributed by atoms with van der Waals surface area (Å²) in [7, 11) is 1.29. The average Bonchev–Trinajstić information content (AvgIpc) is 3.31. The Balaban J connectivity index is 1.91. The van der Waals surface area contributed by atoms with Gasteiger partial charge in [0, 0.05) is 0 Å². The summed E-state index contributed by atoms with van der Waals surface area (Å²) in [6.45, 7) is 1.99. The number of rotatable bonds is 7. The van der Waals surface area contributed by atoms with Crippen LogP contribution in [0.25, 0.3) is 6.08 Å². The second-order valence-electron chi connectivity index (χ2n) is 5.44. The second kappa shape index (κ2) is 8.91. The molecule has 1 aromatic carbocycles. The third kappa shape index (κ3) is 4.53. The van der Waals surface area contributed by atoms with Crippen molar-refractivity contribution in [2.75, 3.05) is 20.3 Å². The maximum atomic E-state index is 12.1. The number of methoxy groups -OCH3 is 1. The highest BCUT2D eigenvalue weighted by Gasteiger charge is 2.26. The monoisotopic (exact) mass is 497 g/mol. The number of carbonyl (C=O) groups is 2. The Kier molecular flexibility index (Phi) is 6.34. The largest absolute Gasteiger partial charge is 0.490 e. The van der Waals surface area contributed by atoms with E-state index in [1.807, 2.05) is 6.92 Å². The SMILES string of the molecule is CCOc1cc(/C=C2\N=C(c3ccco3)OC2=O)cc(I)c1OCC(=O)OC.